The van der Waals surface area contributed by atoms with Gasteiger partial charge >= 0.3 is 5.97 Å². The zero-order valence-electron chi connectivity index (χ0n) is 21.1. The number of nitrogens with zero attached hydrogens (tertiary/aromatic N) is 2. The van der Waals surface area contributed by atoms with Gasteiger partial charge in [-0.2, -0.15) is 0 Å². The highest BCUT2D eigenvalue weighted by molar-refractivity contribution is 6.45. The van der Waals surface area contributed by atoms with E-state index in [4.69, 9.17) is 4.74 Å². The average molecular weight is 503 g/mol. The highest BCUT2D eigenvalue weighted by atomic mass is 16.5. The lowest BCUT2D eigenvalue weighted by Gasteiger charge is -2.19. The largest absolute Gasteiger partial charge is 0.467 e. The first kappa shape index (κ1) is 25.7. The van der Waals surface area contributed by atoms with Gasteiger partial charge in [0, 0.05) is 53.7 Å². The Hall–Kier alpha value is -4.40. The number of amides is 2. The van der Waals surface area contributed by atoms with Gasteiger partial charge in [0.15, 0.2) is 0 Å². The second-order valence-electron chi connectivity index (χ2n) is 8.70. The van der Waals surface area contributed by atoms with Crippen LogP contribution >= 0.6 is 0 Å². The van der Waals surface area contributed by atoms with E-state index in [1.807, 2.05) is 44.2 Å². The number of para-hydroxylation sites is 2. The van der Waals surface area contributed by atoms with Crippen LogP contribution in [-0.2, 0) is 32.1 Å². The Balaban J connectivity index is 1.59. The van der Waals surface area contributed by atoms with E-state index in [0.29, 0.717) is 24.0 Å². The molecule has 9 nitrogen and oxygen atoms in total. The molecule has 2 heterocycles. The van der Waals surface area contributed by atoms with Crippen LogP contribution in [0.1, 0.15) is 29.8 Å². The van der Waals surface area contributed by atoms with Gasteiger partial charge in [-0.05, 0) is 31.5 Å². The molecule has 2 amide bonds. The van der Waals surface area contributed by atoms with Crippen molar-refractivity contribution in [1.29, 1.82) is 0 Å². The first-order chi connectivity index (χ1) is 17.9. The number of hydrogen-bond acceptors (Lipinski definition) is 5. The average Bonchev–Trinajstić information content (AvgIpc) is 3.49. The van der Waals surface area contributed by atoms with Gasteiger partial charge in [0.05, 0.1) is 12.7 Å². The third kappa shape index (κ3) is 5.25. The molecule has 192 valence electrons. The molecule has 0 aliphatic heterocycles. The lowest BCUT2D eigenvalue weighted by Crippen LogP contribution is -2.45. The van der Waals surface area contributed by atoms with Crippen LogP contribution in [0.2, 0.25) is 0 Å². The summed E-state index contributed by atoms with van der Waals surface area (Å²) in [4.78, 5) is 56.5. The summed E-state index contributed by atoms with van der Waals surface area (Å²) in [5.74, 6) is -2.45. The summed E-state index contributed by atoms with van der Waals surface area (Å²) < 4.78 is 6.58. The number of aromatic nitrogens is 2. The van der Waals surface area contributed by atoms with Crippen LogP contribution in [0.25, 0.3) is 21.8 Å². The molecule has 9 heteroatoms. The molecule has 0 saturated carbocycles. The van der Waals surface area contributed by atoms with Crippen LogP contribution in [-0.4, -0.2) is 64.3 Å². The van der Waals surface area contributed by atoms with Gasteiger partial charge in [0.1, 0.15) is 12.6 Å². The molecule has 0 saturated heterocycles. The van der Waals surface area contributed by atoms with Crippen molar-refractivity contribution in [3.05, 3.63) is 72.1 Å². The third-order valence-electron chi connectivity index (χ3n) is 6.55. The minimum Gasteiger partial charge on any atom is -0.467 e. The normalized spacial score (nSPS) is 11.9. The van der Waals surface area contributed by atoms with Crippen LogP contribution in [0.3, 0.4) is 0 Å². The fourth-order valence-electron chi connectivity index (χ4n) is 4.58. The maximum Gasteiger partial charge on any atom is 0.328 e. The quantitative estimate of drug-likeness (QED) is 0.197. The highest BCUT2D eigenvalue weighted by Crippen LogP contribution is 2.23. The number of methoxy groups -OCH3 is 1. The Labute approximate surface area is 214 Å². The van der Waals surface area contributed by atoms with Gasteiger partial charge in [0.25, 0.3) is 11.7 Å². The third-order valence-corrected chi connectivity index (χ3v) is 6.55. The number of aromatic amines is 1. The minimum atomic E-state index is -1.06. The number of carbonyl (C=O) groups is 4. The monoisotopic (exact) mass is 502 g/mol. The number of H-pyrrole nitrogens is 1. The second kappa shape index (κ2) is 11.1. The Morgan fingerprint density at radius 2 is 1.68 bits per heavy atom. The SMILES string of the molecule is CCN(CC)C(=O)Cn1cc(C(=O)C(=O)NC(Cc2c[nH]c3ccccc23)C(=O)OC)c2ccccc21. The smallest absolute Gasteiger partial charge is 0.328 e. The number of nitrogens with one attached hydrogen (secondary N) is 2. The Bertz CT molecular complexity index is 1460. The van der Waals surface area contributed by atoms with Crippen molar-refractivity contribution in [3.63, 3.8) is 0 Å². The summed E-state index contributed by atoms with van der Waals surface area (Å²) in [5, 5.41) is 4.03. The lowest BCUT2D eigenvalue weighted by atomic mass is 10.0. The molecule has 2 aromatic heterocycles. The summed E-state index contributed by atoms with van der Waals surface area (Å²) in [7, 11) is 1.24. The first-order valence-electron chi connectivity index (χ1n) is 12.2. The van der Waals surface area contributed by atoms with Gasteiger partial charge in [-0.25, -0.2) is 4.79 Å². The molecule has 0 fully saturated rings. The number of hydrogen-bond donors (Lipinski definition) is 2. The van der Waals surface area contributed by atoms with Crippen molar-refractivity contribution in [1.82, 2.24) is 19.8 Å². The second-order valence-corrected chi connectivity index (χ2v) is 8.70. The van der Waals surface area contributed by atoms with E-state index < -0.39 is 23.7 Å². The zero-order valence-corrected chi connectivity index (χ0v) is 21.1. The maximum absolute atomic E-state index is 13.3. The van der Waals surface area contributed by atoms with E-state index in [1.54, 1.807) is 33.9 Å². The molecule has 0 aliphatic rings. The molecule has 4 rings (SSSR count). The number of likely N-dealkylation sites (N-methyl/N-ethyl adjacent to an activating group) is 1. The van der Waals surface area contributed by atoms with E-state index in [9.17, 15) is 19.2 Å². The summed E-state index contributed by atoms with van der Waals surface area (Å²) >= 11 is 0. The van der Waals surface area contributed by atoms with E-state index in [-0.39, 0.29) is 24.4 Å². The van der Waals surface area contributed by atoms with E-state index >= 15 is 0 Å². The number of fused-ring (bicyclic) bond motifs is 2. The fourth-order valence-corrected chi connectivity index (χ4v) is 4.58. The molecule has 0 aliphatic carbocycles. The minimum absolute atomic E-state index is 0.0441. The number of ether oxygens (including phenoxy) is 1. The van der Waals surface area contributed by atoms with Crippen molar-refractivity contribution in [2.24, 2.45) is 0 Å². The first-order valence-corrected chi connectivity index (χ1v) is 12.2. The van der Waals surface area contributed by atoms with Gasteiger partial charge in [-0.15, -0.1) is 0 Å². The van der Waals surface area contributed by atoms with Crippen LogP contribution in [0, 0.1) is 0 Å². The van der Waals surface area contributed by atoms with Gasteiger partial charge in [-0.3, -0.25) is 14.4 Å². The standard InChI is InChI=1S/C28H30N4O5/c1-4-31(5-2)25(33)17-32-16-21(20-11-7-9-13-24(20)32)26(34)27(35)30-23(28(36)37-3)14-18-15-29-22-12-8-6-10-19(18)22/h6-13,15-16,23,29H,4-5,14,17H2,1-3H3,(H,30,35). The summed E-state index contributed by atoms with van der Waals surface area (Å²) in [6, 6.07) is 13.7. The number of rotatable bonds is 10. The molecule has 2 N–H and O–H groups in total. The van der Waals surface area contributed by atoms with E-state index in [1.165, 1.54) is 13.3 Å². The number of ketones is 1. The van der Waals surface area contributed by atoms with Crippen molar-refractivity contribution in [3.8, 4) is 0 Å². The van der Waals surface area contributed by atoms with Crippen LogP contribution in [0.5, 0.6) is 0 Å². The van der Waals surface area contributed by atoms with Gasteiger partial charge in [0.2, 0.25) is 5.91 Å². The van der Waals surface area contributed by atoms with Gasteiger partial charge < -0.3 is 24.5 Å². The number of carbonyl (C=O) groups excluding carboxylic acids is 4. The number of benzene rings is 2. The molecular weight excluding hydrogens is 472 g/mol. The molecular formula is C28H30N4O5. The van der Waals surface area contributed by atoms with Crippen LogP contribution in [0.15, 0.2) is 60.9 Å². The molecule has 37 heavy (non-hydrogen) atoms. The predicted octanol–water partition coefficient (Wildman–Crippen LogP) is 3.07. The number of esters is 1. The van der Waals surface area contributed by atoms with Crippen LogP contribution in [0.4, 0.5) is 0 Å². The molecule has 1 atom stereocenters. The molecule has 0 radical (unpaired) electrons. The van der Waals surface area contributed by atoms with Crippen LogP contribution < -0.4 is 5.32 Å². The maximum atomic E-state index is 13.3. The van der Waals surface area contributed by atoms with E-state index in [0.717, 1.165) is 16.5 Å². The van der Waals surface area contributed by atoms with Gasteiger partial charge in [-0.1, -0.05) is 36.4 Å². The Morgan fingerprint density at radius 3 is 2.38 bits per heavy atom. The fraction of sp³-hybridized carbons (Fsp3) is 0.286. The number of Topliss-reactive ketones (excluding diaryl/α,β-unsaturated/α-hetero) is 1. The summed E-state index contributed by atoms with van der Waals surface area (Å²) in [6.45, 7) is 5.01. The Kier molecular flexibility index (Phi) is 7.71. The lowest BCUT2D eigenvalue weighted by molar-refractivity contribution is -0.144. The van der Waals surface area contributed by atoms with E-state index in [2.05, 4.69) is 10.3 Å². The van der Waals surface area contributed by atoms with Crippen molar-refractivity contribution in [2.75, 3.05) is 20.2 Å². The van der Waals surface area contributed by atoms with Crippen molar-refractivity contribution in [2.45, 2.75) is 32.9 Å². The summed E-state index contributed by atoms with van der Waals surface area (Å²) in [6.07, 6.45) is 3.45. The molecule has 4 aromatic rings. The molecule has 0 bridgehead atoms. The Morgan fingerprint density at radius 1 is 1.00 bits per heavy atom. The summed E-state index contributed by atoms with van der Waals surface area (Å²) in [5.41, 5.74) is 2.54. The zero-order chi connectivity index (χ0) is 26.5. The topological polar surface area (TPSA) is 113 Å². The highest BCUT2D eigenvalue weighted by Gasteiger charge is 2.29. The van der Waals surface area contributed by atoms with Crippen molar-refractivity contribution >= 4 is 45.4 Å². The predicted molar refractivity (Wildman–Crippen MR) is 140 cm³/mol. The molecule has 2 aromatic carbocycles. The van der Waals surface area contributed by atoms with Crippen molar-refractivity contribution < 1.29 is 23.9 Å². The molecule has 0 spiro atoms. The molecule has 1 unspecified atom stereocenters.